The maximum atomic E-state index is 12.6. The van der Waals surface area contributed by atoms with Crippen LogP contribution in [0.15, 0.2) is 45.7 Å². The Morgan fingerprint density at radius 3 is 2.65 bits per heavy atom. The van der Waals surface area contributed by atoms with E-state index in [0.717, 1.165) is 22.9 Å². The number of benzene rings is 1. The summed E-state index contributed by atoms with van der Waals surface area (Å²) < 4.78 is 5.22. The van der Waals surface area contributed by atoms with Crippen LogP contribution >= 0.6 is 23.1 Å². The monoisotopic (exact) mass is 457 g/mol. The number of thiophene rings is 1. The molecule has 0 saturated carbocycles. The minimum absolute atomic E-state index is 0.0378. The highest BCUT2D eigenvalue weighted by atomic mass is 32.2. The molecule has 9 heteroatoms. The second-order valence-corrected chi connectivity index (χ2v) is 8.52. The van der Waals surface area contributed by atoms with Gasteiger partial charge in [0.05, 0.1) is 12.4 Å². The Hall–Kier alpha value is -2.91. The van der Waals surface area contributed by atoms with E-state index in [-0.39, 0.29) is 23.8 Å². The number of aromatic amines is 1. The van der Waals surface area contributed by atoms with Crippen LogP contribution in [0.5, 0.6) is 0 Å². The van der Waals surface area contributed by atoms with Gasteiger partial charge in [-0.25, -0.2) is 9.78 Å². The van der Waals surface area contributed by atoms with Crippen molar-refractivity contribution < 1.29 is 14.3 Å². The topological polar surface area (TPSA) is 101 Å². The summed E-state index contributed by atoms with van der Waals surface area (Å²) in [5, 5.41) is 5.46. The molecular formula is C22H23N3O4S2. The zero-order valence-corrected chi connectivity index (χ0v) is 19.1. The second kappa shape index (κ2) is 10.4. The molecule has 0 spiro atoms. The zero-order valence-electron chi connectivity index (χ0n) is 17.5. The number of esters is 1. The number of ether oxygens (including phenoxy) is 1. The normalized spacial score (nSPS) is 10.7. The van der Waals surface area contributed by atoms with Gasteiger partial charge >= 0.3 is 5.97 Å². The maximum Gasteiger partial charge on any atom is 0.341 e. The first-order valence-electron chi connectivity index (χ1n) is 9.79. The summed E-state index contributed by atoms with van der Waals surface area (Å²) in [5.41, 5.74) is 3.46. The average Bonchev–Trinajstić information content (AvgIpc) is 3.16. The number of aromatic nitrogens is 2. The number of H-pyrrole nitrogens is 1. The molecule has 0 radical (unpaired) electrons. The molecule has 0 aliphatic rings. The van der Waals surface area contributed by atoms with Gasteiger partial charge in [-0.1, -0.05) is 48.5 Å². The van der Waals surface area contributed by atoms with Gasteiger partial charge in [0.1, 0.15) is 10.6 Å². The van der Waals surface area contributed by atoms with E-state index in [1.165, 1.54) is 17.4 Å². The molecule has 0 bridgehead atoms. The van der Waals surface area contributed by atoms with Gasteiger partial charge in [0.2, 0.25) is 5.91 Å². The SMILES string of the molecule is CCOC(=O)c1c(-c2ccc(C)cc2)csc1NC(=O)CSc1nc(CC)cc(=O)[nH]1. The van der Waals surface area contributed by atoms with Crippen molar-refractivity contribution >= 4 is 40.0 Å². The van der Waals surface area contributed by atoms with Crippen LogP contribution in [-0.2, 0) is 16.0 Å². The Labute approximate surface area is 188 Å². The lowest BCUT2D eigenvalue weighted by molar-refractivity contribution is -0.113. The Balaban J connectivity index is 1.79. The van der Waals surface area contributed by atoms with Crippen molar-refractivity contribution in [2.24, 2.45) is 0 Å². The Morgan fingerprint density at radius 1 is 1.23 bits per heavy atom. The molecule has 0 unspecified atom stereocenters. The largest absolute Gasteiger partial charge is 0.462 e. The molecule has 3 rings (SSSR count). The molecule has 0 saturated heterocycles. The van der Waals surface area contributed by atoms with E-state index in [1.54, 1.807) is 6.92 Å². The van der Waals surface area contributed by atoms with Crippen LogP contribution < -0.4 is 10.9 Å². The fourth-order valence-electron chi connectivity index (χ4n) is 2.83. The summed E-state index contributed by atoms with van der Waals surface area (Å²) >= 11 is 2.40. The van der Waals surface area contributed by atoms with E-state index in [4.69, 9.17) is 4.74 Å². The summed E-state index contributed by atoms with van der Waals surface area (Å²) in [5.74, 6) is -0.753. The third kappa shape index (κ3) is 5.83. The number of thioether (sulfide) groups is 1. The zero-order chi connectivity index (χ0) is 22.4. The summed E-state index contributed by atoms with van der Waals surface area (Å²) in [4.78, 5) is 43.8. The number of amides is 1. The number of carbonyl (C=O) groups excluding carboxylic acids is 2. The van der Waals surface area contributed by atoms with E-state index in [2.05, 4.69) is 15.3 Å². The second-order valence-electron chi connectivity index (χ2n) is 6.67. The fraction of sp³-hybridized carbons (Fsp3) is 0.273. The first-order valence-corrected chi connectivity index (χ1v) is 11.7. The van der Waals surface area contributed by atoms with E-state index in [9.17, 15) is 14.4 Å². The van der Waals surface area contributed by atoms with E-state index in [1.807, 2.05) is 43.5 Å². The highest BCUT2D eigenvalue weighted by molar-refractivity contribution is 7.99. The molecule has 3 aromatic rings. The lowest BCUT2D eigenvalue weighted by atomic mass is 10.0. The van der Waals surface area contributed by atoms with E-state index in [0.29, 0.717) is 33.4 Å². The molecule has 0 atom stereocenters. The van der Waals surface area contributed by atoms with Crippen molar-refractivity contribution in [2.75, 3.05) is 17.7 Å². The van der Waals surface area contributed by atoms with Crippen LogP contribution in [0.3, 0.4) is 0 Å². The van der Waals surface area contributed by atoms with Gasteiger partial charge < -0.3 is 15.0 Å². The third-order valence-corrected chi connectivity index (χ3v) is 6.13. The minimum Gasteiger partial charge on any atom is -0.462 e. The number of hydrogen-bond acceptors (Lipinski definition) is 7. The molecule has 31 heavy (non-hydrogen) atoms. The number of anilines is 1. The van der Waals surface area contributed by atoms with Crippen molar-refractivity contribution in [3.8, 4) is 11.1 Å². The van der Waals surface area contributed by atoms with Crippen LogP contribution in [0.2, 0.25) is 0 Å². The van der Waals surface area contributed by atoms with Gasteiger partial charge in [-0.05, 0) is 25.8 Å². The highest BCUT2D eigenvalue weighted by Gasteiger charge is 2.23. The van der Waals surface area contributed by atoms with Gasteiger partial charge in [-0.15, -0.1) is 11.3 Å². The third-order valence-electron chi connectivity index (χ3n) is 4.36. The molecule has 1 amide bonds. The lowest BCUT2D eigenvalue weighted by Gasteiger charge is -2.09. The minimum atomic E-state index is -0.482. The summed E-state index contributed by atoms with van der Waals surface area (Å²) in [6, 6.07) is 9.24. The fourth-order valence-corrected chi connectivity index (χ4v) is 4.50. The number of nitrogens with zero attached hydrogens (tertiary/aromatic N) is 1. The lowest BCUT2D eigenvalue weighted by Crippen LogP contribution is -2.17. The van der Waals surface area contributed by atoms with Crippen LogP contribution in [-0.4, -0.2) is 34.2 Å². The Kier molecular flexibility index (Phi) is 7.64. The average molecular weight is 458 g/mol. The molecule has 0 aliphatic carbocycles. The van der Waals surface area contributed by atoms with Crippen molar-refractivity contribution in [3.05, 3.63) is 62.9 Å². The molecule has 0 fully saturated rings. The number of rotatable bonds is 8. The molecule has 2 heterocycles. The van der Waals surface area contributed by atoms with Crippen LogP contribution in [0.1, 0.15) is 35.5 Å². The predicted octanol–water partition coefficient (Wildman–Crippen LogP) is 4.28. The Morgan fingerprint density at radius 2 is 1.97 bits per heavy atom. The van der Waals surface area contributed by atoms with E-state index < -0.39 is 5.97 Å². The first-order chi connectivity index (χ1) is 14.9. The molecular weight excluding hydrogens is 434 g/mol. The van der Waals surface area contributed by atoms with Crippen molar-refractivity contribution in [2.45, 2.75) is 32.3 Å². The smallest absolute Gasteiger partial charge is 0.341 e. The van der Waals surface area contributed by atoms with Gasteiger partial charge in [-0.3, -0.25) is 9.59 Å². The molecule has 7 nitrogen and oxygen atoms in total. The number of carbonyl (C=O) groups is 2. The maximum absolute atomic E-state index is 12.6. The van der Waals surface area contributed by atoms with Gasteiger partial charge in [0.25, 0.3) is 5.56 Å². The van der Waals surface area contributed by atoms with Gasteiger partial charge in [-0.2, -0.15) is 0 Å². The quantitative estimate of drug-likeness (QED) is 0.297. The number of nitrogens with one attached hydrogen (secondary N) is 2. The van der Waals surface area contributed by atoms with Crippen LogP contribution in [0.25, 0.3) is 11.1 Å². The summed E-state index contributed by atoms with van der Waals surface area (Å²) in [6.07, 6.45) is 0.629. The molecule has 2 aromatic heterocycles. The van der Waals surface area contributed by atoms with Gasteiger partial charge in [0, 0.05) is 22.7 Å². The standard InChI is InChI=1S/C22H23N3O4S2/c1-4-15-10-17(26)25-22(23-15)31-12-18(27)24-20-19(21(28)29-5-2)16(11-30-20)14-8-6-13(3)7-9-14/h6-11H,4-5,12H2,1-3H3,(H,24,27)(H,23,25,26). The molecule has 2 N–H and O–H groups in total. The number of hydrogen-bond donors (Lipinski definition) is 2. The molecule has 162 valence electrons. The molecule has 1 aromatic carbocycles. The van der Waals surface area contributed by atoms with Crippen LogP contribution in [0.4, 0.5) is 5.00 Å². The first kappa shape index (κ1) is 22.8. The van der Waals surface area contributed by atoms with E-state index >= 15 is 0 Å². The highest BCUT2D eigenvalue weighted by Crippen LogP contribution is 2.36. The summed E-state index contributed by atoms with van der Waals surface area (Å²) in [7, 11) is 0. The van der Waals surface area contributed by atoms with Crippen molar-refractivity contribution in [1.29, 1.82) is 0 Å². The Bertz CT molecular complexity index is 1140. The summed E-state index contributed by atoms with van der Waals surface area (Å²) in [6.45, 7) is 5.87. The van der Waals surface area contributed by atoms with Crippen molar-refractivity contribution in [1.82, 2.24) is 9.97 Å². The van der Waals surface area contributed by atoms with Gasteiger partial charge in [0.15, 0.2) is 5.16 Å². The van der Waals surface area contributed by atoms with Crippen molar-refractivity contribution in [3.63, 3.8) is 0 Å². The predicted molar refractivity (Wildman–Crippen MR) is 124 cm³/mol. The number of aryl methyl sites for hydroxylation is 2. The van der Waals surface area contributed by atoms with Crippen LogP contribution in [0, 0.1) is 6.92 Å². The molecule has 0 aliphatic heterocycles.